The standard InChI is InChI=1S/C15H23N5O/c1-4-12(5-2)20-7-6-11(19-20)8-13(16)14-9-15(21-3)18-10-17-14/h6-7,9-10,12-13H,4-5,8,16H2,1-3H3. The Morgan fingerprint density at radius 3 is 2.71 bits per heavy atom. The van der Waals surface area contributed by atoms with Crippen molar-refractivity contribution in [2.45, 2.75) is 45.2 Å². The molecule has 2 heterocycles. The van der Waals surface area contributed by atoms with Crippen LogP contribution in [0, 0.1) is 0 Å². The monoisotopic (exact) mass is 289 g/mol. The first kappa shape index (κ1) is 15.4. The maximum atomic E-state index is 6.21. The molecule has 0 saturated heterocycles. The van der Waals surface area contributed by atoms with Crippen LogP contribution >= 0.6 is 0 Å². The Labute approximate surface area is 125 Å². The van der Waals surface area contributed by atoms with Gasteiger partial charge < -0.3 is 10.5 Å². The first-order valence-corrected chi connectivity index (χ1v) is 7.33. The van der Waals surface area contributed by atoms with Crippen LogP contribution in [-0.4, -0.2) is 26.9 Å². The molecule has 114 valence electrons. The van der Waals surface area contributed by atoms with Crippen LogP contribution < -0.4 is 10.5 Å². The Hall–Kier alpha value is -1.95. The lowest BCUT2D eigenvalue weighted by Crippen LogP contribution is -2.16. The van der Waals surface area contributed by atoms with Crippen LogP contribution in [0.2, 0.25) is 0 Å². The molecule has 0 fully saturated rings. The number of methoxy groups -OCH3 is 1. The Kier molecular flexibility index (Phi) is 5.27. The highest BCUT2D eigenvalue weighted by molar-refractivity contribution is 5.18. The van der Waals surface area contributed by atoms with Gasteiger partial charge in [0, 0.05) is 18.7 Å². The van der Waals surface area contributed by atoms with Gasteiger partial charge in [-0.25, -0.2) is 9.97 Å². The summed E-state index contributed by atoms with van der Waals surface area (Å²) < 4.78 is 7.12. The van der Waals surface area contributed by atoms with E-state index in [4.69, 9.17) is 10.5 Å². The lowest BCUT2D eigenvalue weighted by molar-refractivity contribution is 0.395. The first-order valence-electron chi connectivity index (χ1n) is 7.33. The van der Waals surface area contributed by atoms with Crippen LogP contribution in [0.5, 0.6) is 5.88 Å². The van der Waals surface area contributed by atoms with Gasteiger partial charge in [0.25, 0.3) is 0 Å². The minimum absolute atomic E-state index is 0.216. The molecule has 2 aromatic heterocycles. The van der Waals surface area contributed by atoms with Gasteiger partial charge in [-0.15, -0.1) is 0 Å². The minimum atomic E-state index is -0.216. The highest BCUT2D eigenvalue weighted by atomic mass is 16.5. The zero-order chi connectivity index (χ0) is 15.2. The predicted molar refractivity (Wildman–Crippen MR) is 81.1 cm³/mol. The number of hydrogen-bond acceptors (Lipinski definition) is 5. The van der Waals surface area contributed by atoms with Gasteiger partial charge in [-0.1, -0.05) is 13.8 Å². The molecule has 6 nitrogen and oxygen atoms in total. The van der Waals surface area contributed by atoms with Crippen LogP contribution in [0.15, 0.2) is 24.7 Å². The quantitative estimate of drug-likeness (QED) is 0.846. The summed E-state index contributed by atoms with van der Waals surface area (Å²) in [6.45, 7) is 4.35. The maximum Gasteiger partial charge on any atom is 0.216 e. The van der Waals surface area contributed by atoms with Crippen LogP contribution in [0.1, 0.15) is 50.2 Å². The second kappa shape index (κ2) is 7.17. The van der Waals surface area contributed by atoms with Crippen molar-refractivity contribution in [3.05, 3.63) is 36.0 Å². The van der Waals surface area contributed by atoms with Crippen LogP contribution in [0.25, 0.3) is 0 Å². The average molecular weight is 289 g/mol. The SMILES string of the molecule is CCC(CC)n1ccc(CC(N)c2cc(OC)ncn2)n1. The van der Waals surface area contributed by atoms with Gasteiger partial charge in [0.15, 0.2) is 0 Å². The summed E-state index contributed by atoms with van der Waals surface area (Å²) in [5.74, 6) is 0.526. The fourth-order valence-corrected chi connectivity index (χ4v) is 2.35. The Bertz CT molecular complexity index is 565. The summed E-state index contributed by atoms with van der Waals surface area (Å²) in [4.78, 5) is 8.20. The van der Waals surface area contributed by atoms with Gasteiger partial charge in [0.1, 0.15) is 6.33 Å². The number of ether oxygens (including phenoxy) is 1. The number of hydrogen-bond donors (Lipinski definition) is 1. The molecule has 6 heteroatoms. The number of nitrogens with two attached hydrogens (primary N) is 1. The van der Waals surface area contributed by atoms with Crippen molar-refractivity contribution in [2.24, 2.45) is 5.73 Å². The third-order valence-electron chi connectivity index (χ3n) is 3.66. The van der Waals surface area contributed by atoms with Gasteiger partial charge in [0.2, 0.25) is 5.88 Å². The molecule has 2 rings (SSSR count). The molecule has 0 spiro atoms. The molecule has 2 N–H and O–H groups in total. The lowest BCUT2D eigenvalue weighted by Gasteiger charge is -2.13. The topological polar surface area (TPSA) is 78.9 Å². The summed E-state index contributed by atoms with van der Waals surface area (Å²) >= 11 is 0. The van der Waals surface area contributed by atoms with E-state index in [9.17, 15) is 0 Å². The van der Waals surface area contributed by atoms with Gasteiger partial charge in [-0.2, -0.15) is 5.10 Å². The molecule has 0 amide bonds. The molecule has 1 unspecified atom stereocenters. The zero-order valence-electron chi connectivity index (χ0n) is 12.9. The van der Waals surface area contributed by atoms with Crippen molar-refractivity contribution in [3.8, 4) is 5.88 Å². The molecular formula is C15H23N5O. The molecule has 1 atom stereocenters. The van der Waals surface area contributed by atoms with E-state index in [1.54, 1.807) is 13.2 Å². The summed E-state index contributed by atoms with van der Waals surface area (Å²) in [6.07, 6.45) is 6.30. The van der Waals surface area contributed by atoms with Gasteiger partial charge in [-0.05, 0) is 18.9 Å². The Morgan fingerprint density at radius 2 is 2.05 bits per heavy atom. The van der Waals surface area contributed by atoms with Crippen molar-refractivity contribution in [3.63, 3.8) is 0 Å². The molecule has 0 aliphatic carbocycles. The fourth-order valence-electron chi connectivity index (χ4n) is 2.35. The van der Waals surface area contributed by atoms with Gasteiger partial charge in [0.05, 0.1) is 30.6 Å². The van der Waals surface area contributed by atoms with Crippen molar-refractivity contribution in [1.29, 1.82) is 0 Å². The lowest BCUT2D eigenvalue weighted by atomic mass is 10.1. The summed E-state index contributed by atoms with van der Waals surface area (Å²) in [7, 11) is 1.58. The second-order valence-electron chi connectivity index (χ2n) is 5.05. The summed E-state index contributed by atoms with van der Waals surface area (Å²) in [6, 6.07) is 4.03. The third kappa shape index (κ3) is 3.78. The van der Waals surface area contributed by atoms with Crippen molar-refractivity contribution >= 4 is 0 Å². The third-order valence-corrected chi connectivity index (χ3v) is 3.66. The largest absolute Gasteiger partial charge is 0.481 e. The van der Waals surface area contributed by atoms with E-state index in [0.717, 1.165) is 24.2 Å². The molecular weight excluding hydrogens is 266 g/mol. The van der Waals surface area contributed by atoms with E-state index in [-0.39, 0.29) is 6.04 Å². The normalized spacial score (nSPS) is 12.6. The zero-order valence-corrected chi connectivity index (χ0v) is 12.9. The second-order valence-corrected chi connectivity index (χ2v) is 5.05. The van der Waals surface area contributed by atoms with E-state index in [0.29, 0.717) is 18.3 Å². The molecule has 0 aliphatic heterocycles. The summed E-state index contributed by atoms with van der Waals surface area (Å²) in [5.41, 5.74) is 7.95. The fraction of sp³-hybridized carbons (Fsp3) is 0.533. The van der Waals surface area contributed by atoms with Crippen molar-refractivity contribution < 1.29 is 4.74 Å². The number of aromatic nitrogens is 4. The Balaban J connectivity index is 2.07. The molecule has 0 aromatic carbocycles. The average Bonchev–Trinajstić information content (AvgIpc) is 2.97. The predicted octanol–water partition coefficient (Wildman–Crippen LogP) is 2.29. The van der Waals surface area contributed by atoms with Crippen LogP contribution in [0.3, 0.4) is 0 Å². The van der Waals surface area contributed by atoms with Crippen molar-refractivity contribution in [1.82, 2.24) is 19.7 Å². The van der Waals surface area contributed by atoms with E-state index in [1.165, 1.54) is 6.33 Å². The van der Waals surface area contributed by atoms with Gasteiger partial charge >= 0.3 is 0 Å². The number of rotatable bonds is 7. The van der Waals surface area contributed by atoms with Gasteiger partial charge in [-0.3, -0.25) is 4.68 Å². The Morgan fingerprint density at radius 1 is 1.29 bits per heavy atom. The molecule has 21 heavy (non-hydrogen) atoms. The number of nitrogens with zero attached hydrogens (tertiary/aromatic N) is 4. The van der Waals surface area contributed by atoms with E-state index in [2.05, 4.69) is 28.9 Å². The highest BCUT2D eigenvalue weighted by Crippen LogP contribution is 2.18. The van der Waals surface area contributed by atoms with E-state index in [1.807, 2.05) is 16.9 Å². The van der Waals surface area contributed by atoms with Crippen LogP contribution in [-0.2, 0) is 6.42 Å². The molecule has 0 radical (unpaired) electrons. The van der Waals surface area contributed by atoms with Crippen molar-refractivity contribution in [2.75, 3.05) is 7.11 Å². The van der Waals surface area contributed by atoms with E-state index >= 15 is 0 Å². The van der Waals surface area contributed by atoms with E-state index < -0.39 is 0 Å². The highest BCUT2D eigenvalue weighted by Gasteiger charge is 2.13. The smallest absolute Gasteiger partial charge is 0.216 e. The first-order chi connectivity index (χ1) is 10.2. The summed E-state index contributed by atoms with van der Waals surface area (Å²) in [5, 5.41) is 4.62. The molecule has 0 bridgehead atoms. The molecule has 2 aromatic rings. The minimum Gasteiger partial charge on any atom is -0.481 e. The maximum absolute atomic E-state index is 6.21. The molecule has 0 aliphatic rings. The molecule has 0 saturated carbocycles. The van der Waals surface area contributed by atoms with Crippen LogP contribution in [0.4, 0.5) is 0 Å².